The largest absolute Gasteiger partial charge is 0.457 e. The molecule has 0 radical (unpaired) electrons. The van der Waals surface area contributed by atoms with Gasteiger partial charge in [0.05, 0.1) is 29.5 Å². The number of ether oxygens (including phenoxy) is 2. The average Bonchev–Trinajstić information content (AvgIpc) is 3.33. The highest BCUT2D eigenvalue weighted by Crippen LogP contribution is 2.26. The van der Waals surface area contributed by atoms with E-state index in [2.05, 4.69) is 16.9 Å². The Bertz CT molecular complexity index is 1480. The number of halogens is 1. The molecule has 0 amide bonds. The Hall–Kier alpha value is -2.76. The average molecular weight is 603 g/mol. The summed E-state index contributed by atoms with van der Waals surface area (Å²) in [6, 6.07) is 24.4. The lowest BCUT2D eigenvalue weighted by Crippen LogP contribution is -2.40. The van der Waals surface area contributed by atoms with Crippen LogP contribution in [0.4, 0.5) is 5.69 Å². The van der Waals surface area contributed by atoms with E-state index in [1.807, 2.05) is 66.7 Å². The summed E-state index contributed by atoms with van der Waals surface area (Å²) in [5, 5.41) is 2.06. The lowest BCUT2D eigenvalue weighted by Gasteiger charge is -2.26. The van der Waals surface area contributed by atoms with E-state index in [4.69, 9.17) is 14.5 Å². The van der Waals surface area contributed by atoms with Gasteiger partial charge in [0.15, 0.2) is 4.80 Å². The number of benzene rings is 3. The van der Waals surface area contributed by atoms with Crippen molar-refractivity contribution < 1.29 is 17.9 Å². The summed E-state index contributed by atoms with van der Waals surface area (Å²) in [6.07, 6.45) is 0. The minimum Gasteiger partial charge on any atom is -0.457 e. The highest BCUT2D eigenvalue weighted by molar-refractivity contribution is 8.93. The van der Waals surface area contributed by atoms with E-state index in [1.165, 1.54) is 4.31 Å². The molecule has 0 bridgehead atoms. The molecule has 1 aliphatic heterocycles. The molecule has 0 N–H and O–H groups in total. The molecule has 194 valence electrons. The fourth-order valence-electron chi connectivity index (χ4n) is 4.01. The second kappa shape index (κ2) is 12.2. The SMILES string of the molecule is Br.CCn1c(-c2ccc(S(=O)(=O)N3CCOCC3)cc2)csc1=Nc1ccc(Oc2ccccc2)cc1. The quantitative estimate of drug-likeness (QED) is 0.266. The van der Waals surface area contributed by atoms with Crippen LogP contribution in [0.2, 0.25) is 0 Å². The molecule has 0 saturated carbocycles. The number of morpholine rings is 1. The molecule has 5 rings (SSSR count). The summed E-state index contributed by atoms with van der Waals surface area (Å²) in [6.45, 7) is 4.43. The highest BCUT2D eigenvalue weighted by Gasteiger charge is 2.26. The van der Waals surface area contributed by atoms with Crippen molar-refractivity contribution in [3.8, 4) is 22.8 Å². The van der Waals surface area contributed by atoms with Crippen molar-refractivity contribution in [3.05, 3.63) is 89.0 Å². The van der Waals surface area contributed by atoms with Crippen LogP contribution in [0.15, 0.2) is 94.1 Å². The van der Waals surface area contributed by atoms with Crippen molar-refractivity contribution in [2.45, 2.75) is 18.4 Å². The smallest absolute Gasteiger partial charge is 0.243 e. The Morgan fingerprint density at radius 1 is 0.919 bits per heavy atom. The van der Waals surface area contributed by atoms with Crippen LogP contribution in [0.25, 0.3) is 11.3 Å². The first-order chi connectivity index (χ1) is 17.5. The zero-order chi connectivity index (χ0) is 25.0. The van der Waals surface area contributed by atoms with Crippen LogP contribution in [0, 0.1) is 0 Å². The first-order valence-electron chi connectivity index (χ1n) is 11.8. The third-order valence-electron chi connectivity index (χ3n) is 5.91. The Kier molecular flexibility index (Phi) is 8.99. The van der Waals surface area contributed by atoms with E-state index in [9.17, 15) is 8.42 Å². The molecule has 2 heterocycles. The molecule has 10 heteroatoms. The first-order valence-corrected chi connectivity index (χ1v) is 14.1. The molecule has 1 saturated heterocycles. The van der Waals surface area contributed by atoms with E-state index in [0.717, 1.165) is 39.8 Å². The predicted octanol–water partition coefficient (Wildman–Crippen LogP) is 5.86. The van der Waals surface area contributed by atoms with Crippen molar-refractivity contribution in [3.63, 3.8) is 0 Å². The van der Waals surface area contributed by atoms with Crippen molar-refractivity contribution in [2.75, 3.05) is 26.3 Å². The topological polar surface area (TPSA) is 73.1 Å². The number of hydrogen-bond acceptors (Lipinski definition) is 6. The zero-order valence-electron chi connectivity index (χ0n) is 20.3. The molecule has 7 nitrogen and oxygen atoms in total. The van der Waals surface area contributed by atoms with E-state index in [0.29, 0.717) is 31.2 Å². The van der Waals surface area contributed by atoms with Crippen LogP contribution in [0.5, 0.6) is 11.5 Å². The van der Waals surface area contributed by atoms with Gasteiger partial charge in [0.1, 0.15) is 11.5 Å². The predicted molar refractivity (Wildman–Crippen MR) is 151 cm³/mol. The number of para-hydroxylation sites is 1. The maximum atomic E-state index is 12.9. The standard InChI is InChI=1S/C27H27N3O4S2.BrH/c1-2-30-26(21-8-14-25(15-9-21)36(31,32)29-16-18-33-19-17-29)20-35-27(30)28-22-10-12-24(13-11-22)34-23-6-4-3-5-7-23;/h3-15,20H,2,16-19H2,1H3;1H. The van der Waals surface area contributed by atoms with Gasteiger partial charge in [-0.15, -0.1) is 28.3 Å². The summed E-state index contributed by atoms with van der Waals surface area (Å²) < 4.78 is 40.6. The molecule has 1 aliphatic rings. The van der Waals surface area contributed by atoms with Crippen LogP contribution >= 0.6 is 28.3 Å². The third-order valence-corrected chi connectivity index (χ3v) is 8.69. The second-order valence-corrected chi connectivity index (χ2v) is 11.0. The third kappa shape index (κ3) is 6.22. The number of aromatic nitrogens is 1. The molecule has 0 aliphatic carbocycles. The number of sulfonamides is 1. The van der Waals surface area contributed by atoms with Gasteiger partial charge in [0.2, 0.25) is 10.0 Å². The summed E-state index contributed by atoms with van der Waals surface area (Å²) in [7, 11) is -3.52. The number of thiazole rings is 1. The van der Waals surface area contributed by atoms with Crippen LogP contribution < -0.4 is 9.54 Å². The first kappa shape index (κ1) is 27.3. The molecule has 1 fully saturated rings. The molecule has 37 heavy (non-hydrogen) atoms. The molecular weight excluding hydrogens is 574 g/mol. The summed E-state index contributed by atoms with van der Waals surface area (Å²) >= 11 is 1.55. The van der Waals surface area contributed by atoms with Crippen molar-refractivity contribution in [1.29, 1.82) is 0 Å². The van der Waals surface area contributed by atoms with Crippen molar-refractivity contribution >= 4 is 44.0 Å². The lowest BCUT2D eigenvalue weighted by atomic mass is 10.2. The number of hydrogen-bond donors (Lipinski definition) is 0. The van der Waals surface area contributed by atoms with Gasteiger partial charge < -0.3 is 14.0 Å². The Morgan fingerprint density at radius 2 is 1.57 bits per heavy atom. The van der Waals surface area contributed by atoms with E-state index < -0.39 is 10.0 Å². The van der Waals surface area contributed by atoms with Gasteiger partial charge in [0, 0.05) is 25.0 Å². The maximum absolute atomic E-state index is 12.9. The fraction of sp³-hybridized carbons (Fsp3) is 0.222. The van der Waals surface area contributed by atoms with E-state index >= 15 is 0 Å². The molecule has 1 aromatic heterocycles. The lowest BCUT2D eigenvalue weighted by molar-refractivity contribution is 0.0730. The molecule has 0 atom stereocenters. The maximum Gasteiger partial charge on any atom is 0.243 e. The second-order valence-electron chi connectivity index (χ2n) is 8.21. The summed E-state index contributed by atoms with van der Waals surface area (Å²) in [5.41, 5.74) is 2.78. The van der Waals surface area contributed by atoms with Gasteiger partial charge in [-0.05, 0) is 61.0 Å². The Morgan fingerprint density at radius 3 is 2.22 bits per heavy atom. The highest BCUT2D eigenvalue weighted by atomic mass is 79.9. The van der Waals surface area contributed by atoms with Gasteiger partial charge in [0.25, 0.3) is 0 Å². The van der Waals surface area contributed by atoms with Crippen LogP contribution in [0.1, 0.15) is 6.92 Å². The minimum atomic E-state index is -3.52. The Labute approximate surface area is 231 Å². The van der Waals surface area contributed by atoms with Gasteiger partial charge >= 0.3 is 0 Å². The van der Waals surface area contributed by atoms with Crippen LogP contribution in [0.3, 0.4) is 0 Å². The van der Waals surface area contributed by atoms with Crippen molar-refractivity contribution in [2.24, 2.45) is 4.99 Å². The number of nitrogens with zero attached hydrogens (tertiary/aromatic N) is 3. The minimum absolute atomic E-state index is 0. The molecular formula is C27H28BrN3O4S2. The molecule has 4 aromatic rings. The number of rotatable bonds is 7. The monoisotopic (exact) mass is 601 g/mol. The summed E-state index contributed by atoms with van der Waals surface area (Å²) in [4.78, 5) is 6.01. The molecule has 0 spiro atoms. The van der Waals surface area contributed by atoms with Gasteiger partial charge in [-0.3, -0.25) is 0 Å². The van der Waals surface area contributed by atoms with Crippen LogP contribution in [-0.2, 0) is 21.3 Å². The Balaban J connectivity index is 0.00000320. The van der Waals surface area contributed by atoms with E-state index in [1.54, 1.807) is 23.5 Å². The zero-order valence-corrected chi connectivity index (χ0v) is 23.7. The molecule has 3 aromatic carbocycles. The van der Waals surface area contributed by atoms with Crippen molar-refractivity contribution in [1.82, 2.24) is 8.87 Å². The fourth-order valence-corrected chi connectivity index (χ4v) is 6.41. The van der Waals surface area contributed by atoms with Gasteiger partial charge in [-0.2, -0.15) is 4.31 Å². The molecule has 0 unspecified atom stereocenters. The summed E-state index contributed by atoms with van der Waals surface area (Å²) in [5.74, 6) is 1.54. The van der Waals surface area contributed by atoms with Crippen LogP contribution in [-0.4, -0.2) is 43.6 Å². The van der Waals surface area contributed by atoms with Gasteiger partial charge in [-0.25, -0.2) is 13.4 Å². The van der Waals surface area contributed by atoms with Gasteiger partial charge in [-0.1, -0.05) is 30.3 Å². The normalized spacial score (nSPS) is 14.8. The van der Waals surface area contributed by atoms with E-state index in [-0.39, 0.29) is 17.0 Å².